The molecule has 2 unspecified atom stereocenters. The van der Waals surface area contributed by atoms with Crippen LogP contribution in [0.1, 0.15) is 19.3 Å². The van der Waals surface area contributed by atoms with Crippen molar-refractivity contribution >= 4 is 0 Å². The van der Waals surface area contributed by atoms with E-state index in [1.165, 1.54) is 0 Å². The molecule has 8 N–H and O–H groups in total. The summed E-state index contributed by atoms with van der Waals surface area (Å²) in [7, 11) is 0. The Morgan fingerprint density at radius 2 is 1.12 bits per heavy atom. The van der Waals surface area contributed by atoms with Gasteiger partial charge in [-0.2, -0.15) is 0 Å². The quantitative estimate of drug-likeness (QED) is 0.343. The predicted molar refractivity (Wildman–Crippen MR) is 69.5 cm³/mol. The van der Waals surface area contributed by atoms with Gasteiger partial charge in [-0.3, -0.25) is 0 Å². The minimum atomic E-state index is 0.0893. The number of hydrogen-bond donors (Lipinski definition) is 4. The zero-order valence-electron chi connectivity index (χ0n) is 10.6. The Balaban J connectivity index is 3.61. The molecule has 6 nitrogen and oxygen atoms in total. The summed E-state index contributed by atoms with van der Waals surface area (Å²) in [5.41, 5.74) is 22.0. The third-order valence-electron chi connectivity index (χ3n) is 2.52. The fourth-order valence-corrected chi connectivity index (χ4v) is 1.58. The highest BCUT2D eigenvalue weighted by atomic mass is 16.5. The molecule has 0 saturated heterocycles. The molecule has 0 amide bonds. The first kappa shape index (κ1) is 16.8. The molecule has 17 heavy (non-hydrogen) atoms. The second-order valence-corrected chi connectivity index (χ2v) is 3.97. The van der Waals surface area contributed by atoms with Gasteiger partial charge in [-0.15, -0.1) is 0 Å². The van der Waals surface area contributed by atoms with Gasteiger partial charge >= 0.3 is 0 Å². The van der Waals surface area contributed by atoms with Gasteiger partial charge < -0.3 is 32.4 Å². The van der Waals surface area contributed by atoms with Crippen LogP contribution in [0.4, 0.5) is 0 Å². The van der Waals surface area contributed by atoms with E-state index in [4.69, 9.17) is 32.4 Å². The lowest BCUT2D eigenvalue weighted by Crippen LogP contribution is -2.29. The van der Waals surface area contributed by atoms with Gasteiger partial charge in [0, 0.05) is 26.2 Å². The summed E-state index contributed by atoms with van der Waals surface area (Å²) in [4.78, 5) is 0. The molecule has 0 aliphatic carbocycles. The van der Waals surface area contributed by atoms with Crippen molar-refractivity contribution < 1.29 is 9.47 Å². The summed E-state index contributed by atoms with van der Waals surface area (Å²) in [5, 5.41) is 0. The molecule has 0 rings (SSSR count). The van der Waals surface area contributed by atoms with Crippen molar-refractivity contribution in [2.45, 2.75) is 31.5 Å². The summed E-state index contributed by atoms with van der Waals surface area (Å²) < 4.78 is 11.0. The normalized spacial score (nSPS) is 14.8. The maximum Gasteiger partial charge on any atom is 0.0697 e. The molecule has 0 aromatic heterocycles. The molecular weight excluding hydrogens is 220 g/mol. The molecule has 0 spiro atoms. The molecule has 0 fully saturated rings. The molecule has 0 saturated carbocycles. The highest BCUT2D eigenvalue weighted by molar-refractivity contribution is 4.64. The number of rotatable bonds is 12. The van der Waals surface area contributed by atoms with Crippen molar-refractivity contribution in [2.24, 2.45) is 22.9 Å². The van der Waals surface area contributed by atoms with Crippen LogP contribution >= 0.6 is 0 Å². The standard InChI is InChI=1S/C11H28N4O2/c12-4-6-16-10(8-14)2-1-3-11(9-15)17-7-5-13/h10-11H,1-9,12-15H2. The Morgan fingerprint density at radius 3 is 1.41 bits per heavy atom. The Bertz CT molecular complexity index is 144. The van der Waals surface area contributed by atoms with E-state index in [0.717, 1.165) is 19.3 Å². The smallest absolute Gasteiger partial charge is 0.0697 e. The first-order valence-electron chi connectivity index (χ1n) is 6.31. The summed E-state index contributed by atoms with van der Waals surface area (Å²) >= 11 is 0. The van der Waals surface area contributed by atoms with Crippen LogP contribution in [0, 0.1) is 0 Å². The average molecular weight is 248 g/mol. The monoisotopic (exact) mass is 248 g/mol. The topological polar surface area (TPSA) is 123 Å². The zero-order valence-corrected chi connectivity index (χ0v) is 10.6. The van der Waals surface area contributed by atoms with E-state index in [9.17, 15) is 0 Å². The molecule has 0 aromatic carbocycles. The first-order chi connectivity index (χ1) is 8.28. The van der Waals surface area contributed by atoms with E-state index in [-0.39, 0.29) is 12.2 Å². The van der Waals surface area contributed by atoms with Gasteiger partial charge in [0.15, 0.2) is 0 Å². The van der Waals surface area contributed by atoms with Gasteiger partial charge in [0.1, 0.15) is 0 Å². The minimum Gasteiger partial charge on any atom is -0.376 e. The van der Waals surface area contributed by atoms with Crippen LogP contribution in [0.15, 0.2) is 0 Å². The van der Waals surface area contributed by atoms with E-state index in [1.807, 2.05) is 0 Å². The largest absolute Gasteiger partial charge is 0.376 e. The van der Waals surface area contributed by atoms with Gasteiger partial charge in [-0.05, 0) is 19.3 Å². The first-order valence-corrected chi connectivity index (χ1v) is 6.31. The molecule has 0 aliphatic rings. The fourth-order valence-electron chi connectivity index (χ4n) is 1.58. The highest BCUT2D eigenvalue weighted by Gasteiger charge is 2.10. The second-order valence-electron chi connectivity index (χ2n) is 3.97. The van der Waals surface area contributed by atoms with Crippen LogP contribution in [0.2, 0.25) is 0 Å². The molecule has 2 atom stereocenters. The lowest BCUT2D eigenvalue weighted by atomic mass is 10.1. The van der Waals surface area contributed by atoms with Gasteiger partial charge in [-0.25, -0.2) is 0 Å². The van der Waals surface area contributed by atoms with Crippen molar-refractivity contribution in [1.82, 2.24) is 0 Å². The molecule has 104 valence electrons. The van der Waals surface area contributed by atoms with Gasteiger partial charge in [0.25, 0.3) is 0 Å². The van der Waals surface area contributed by atoms with Crippen LogP contribution in [0.3, 0.4) is 0 Å². The van der Waals surface area contributed by atoms with E-state index < -0.39 is 0 Å². The van der Waals surface area contributed by atoms with Crippen molar-refractivity contribution in [3.63, 3.8) is 0 Å². The molecule has 0 radical (unpaired) electrons. The Labute approximate surface area is 104 Å². The molecule has 6 heteroatoms. The summed E-state index contributed by atoms with van der Waals surface area (Å²) in [5.74, 6) is 0. The Hall–Kier alpha value is -0.240. The number of nitrogens with two attached hydrogens (primary N) is 4. The van der Waals surface area contributed by atoms with Crippen molar-refractivity contribution in [3.8, 4) is 0 Å². The molecule has 0 heterocycles. The lowest BCUT2D eigenvalue weighted by Gasteiger charge is -2.18. The van der Waals surface area contributed by atoms with E-state index >= 15 is 0 Å². The predicted octanol–water partition coefficient (Wildman–Crippen LogP) is -1.24. The summed E-state index contributed by atoms with van der Waals surface area (Å²) in [6.45, 7) is 3.23. The molecule has 0 aliphatic heterocycles. The minimum absolute atomic E-state index is 0.0893. The third kappa shape index (κ3) is 9.46. The Kier molecular flexibility index (Phi) is 12.1. The number of hydrogen-bond acceptors (Lipinski definition) is 6. The molecular formula is C11H28N4O2. The van der Waals surface area contributed by atoms with Crippen molar-refractivity contribution in [2.75, 3.05) is 39.4 Å². The maximum absolute atomic E-state index is 5.60. The average Bonchev–Trinajstić information content (AvgIpc) is 2.37. The third-order valence-corrected chi connectivity index (χ3v) is 2.52. The van der Waals surface area contributed by atoms with E-state index in [2.05, 4.69) is 0 Å². The van der Waals surface area contributed by atoms with Crippen LogP contribution < -0.4 is 22.9 Å². The van der Waals surface area contributed by atoms with E-state index in [1.54, 1.807) is 0 Å². The maximum atomic E-state index is 5.60. The van der Waals surface area contributed by atoms with Crippen LogP contribution in [0.5, 0.6) is 0 Å². The van der Waals surface area contributed by atoms with Gasteiger partial charge in [-0.1, -0.05) is 0 Å². The lowest BCUT2D eigenvalue weighted by molar-refractivity contribution is 0.0390. The fraction of sp³-hybridized carbons (Fsp3) is 1.00. The van der Waals surface area contributed by atoms with Crippen molar-refractivity contribution in [1.29, 1.82) is 0 Å². The van der Waals surface area contributed by atoms with Crippen molar-refractivity contribution in [3.05, 3.63) is 0 Å². The van der Waals surface area contributed by atoms with Crippen LogP contribution in [-0.4, -0.2) is 51.6 Å². The molecule has 0 aromatic rings. The molecule has 0 bridgehead atoms. The SMILES string of the molecule is NCCOC(CN)CCCC(CN)OCCN. The van der Waals surface area contributed by atoms with E-state index in [0.29, 0.717) is 39.4 Å². The van der Waals surface area contributed by atoms with Gasteiger partial charge in [0.05, 0.1) is 25.4 Å². The number of ether oxygens (including phenoxy) is 2. The zero-order chi connectivity index (χ0) is 12.9. The summed E-state index contributed by atoms with van der Waals surface area (Å²) in [6, 6.07) is 0. The Morgan fingerprint density at radius 1 is 0.706 bits per heavy atom. The van der Waals surface area contributed by atoms with Crippen LogP contribution in [0.25, 0.3) is 0 Å². The van der Waals surface area contributed by atoms with Crippen LogP contribution in [-0.2, 0) is 9.47 Å². The second kappa shape index (κ2) is 12.2. The summed E-state index contributed by atoms with van der Waals surface area (Å²) in [6.07, 6.45) is 2.99. The highest BCUT2D eigenvalue weighted by Crippen LogP contribution is 2.08. The van der Waals surface area contributed by atoms with Gasteiger partial charge in [0.2, 0.25) is 0 Å².